The van der Waals surface area contributed by atoms with E-state index < -0.39 is 11.7 Å². The highest BCUT2D eigenvalue weighted by Gasteiger charge is 2.44. The Morgan fingerprint density at radius 3 is 2.47 bits per heavy atom. The molecule has 184 valence electrons. The number of nitrogens with one attached hydrogen (secondary N) is 2. The van der Waals surface area contributed by atoms with Crippen molar-refractivity contribution in [1.29, 1.82) is 0 Å². The molecular formula is C27H38N4O3. The van der Waals surface area contributed by atoms with Crippen molar-refractivity contribution in [3.05, 3.63) is 29.8 Å². The van der Waals surface area contributed by atoms with E-state index in [2.05, 4.69) is 24.5 Å². The highest BCUT2D eigenvalue weighted by molar-refractivity contribution is 6.14. The first kappa shape index (κ1) is 24.4. The Morgan fingerprint density at radius 1 is 1.12 bits per heavy atom. The van der Waals surface area contributed by atoms with E-state index >= 15 is 0 Å². The summed E-state index contributed by atoms with van der Waals surface area (Å²) in [6.45, 7) is 4.16. The van der Waals surface area contributed by atoms with Crippen molar-refractivity contribution in [2.75, 3.05) is 11.9 Å². The van der Waals surface area contributed by atoms with E-state index in [1.54, 1.807) is 11.9 Å². The molecule has 0 spiro atoms. The van der Waals surface area contributed by atoms with Crippen LogP contribution in [0.25, 0.3) is 0 Å². The van der Waals surface area contributed by atoms with Gasteiger partial charge < -0.3 is 15.5 Å². The number of amides is 3. The molecule has 0 bridgehead atoms. The second-order valence-corrected chi connectivity index (χ2v) is 10.6. The molecule has 7 heteroatoms. The number of rotatable bonds is 7. The largest absolute Gasteiger partial charge is 0.342 e. The molecule has 0 aromatic heterocycles. The molecule has 1 aromatic rings. The number of carbonyl (C=O) groups is 3. The van der Waals surface area contributed by atoms with Crippen LogP contribution in [-0.4, -0.2) is 42.2 Å². The second-order valence-electron chi connectivity index (χ2n) is 10.6. The standard InChI is InChI=1S/C27H38N4O3/c1-18(2)14-15-22(32)30-27(16-8-9-17-27)26(34)29-24-25(33)31(3)21-13-7-6-12-20(21)23(28-24)19-10-4-5-11-19/h6-7,12-13,18-19,24H,4-5,8-11,14-17H2,1-3H3,(H,29,34)(H,30,32). The lowest BCUT2D eigenvalue weighted by Crippen LogP contribution is -2.60. The molecule has 2 N–H and O–H groups in total. The Bertz CT molecular complexity index is 958. The molecule has 34 heavy (non-hydrogen) atoms. The van der Waals surface area contributed by atoms with Crippen LogP contribution >= 0.6 is 0 Å². The lowest BCUT2D eigenvalue weighted by Gasteiger charge is -2.31. The maximum Gasteiger partial charge on any atom is 0.272 e. The molecule has 1 atom stereocenters. The fourth-order valence-electron chi connectivity index (χ4n) is 5.57. The third-order valence-electron chi connectivity index (χ3n) is 7.60. The van der Waals surface area contributed by atoms with Crippen molar-refractivity contribution in [3.63, 3.8) is 0 Å². The number of nitrogens with zero attached hydrogens (tertiary/aromatic N) is 2. The summed E-state index contributed by atoms with van der Waals surface area (Å²) in [5.74, 6) is 0.0556. The summed E-state index contributed by atoms with van der Waals surface area (Å²) in [7, 11) is 1.74. The molecule has 3 aliphatic rings. The van der Waals surface area contributed by atoms with Crippen LogP contribution < -0.4 is 15.5 Å². The van der Waals surface area contributed by atoms with Crippen LogP contribution in [0.1, 0.15) is 83.6 Å². The van der Waals surface area contributed by atoms with Crippen LogP contribution in [0, 0.1) is 11.8 Å². The first-order valence-electron chi connectivity index (χ1n) is 12.9. The van der Waals surface area contributed by atoms with Gasteiger partial charge in [0, 0.05) is 24.9 Å². The van der Waals surface area contributed by atoms with Gasteiger partial charge in [-0.1, -0.05) is 57.7 Å². The van der Waals surface area contributed by atoms with Crippen LogP contribution in [0.4, 0.5) is 5.69 Å². The Hall–Kier alpha value is -2.70. The van der Waals surface area contributed by atoms with Gasteiger partial charge in [-0.2, -0.15) is 0 Å². The maximum atomic E-state index is 13.6. The van der Waals surface area contributed by atoms with Gasteiger partial charge in [0.1, 0.15) is 5.54 Å². The van der Waals surface area contributed by atoms with Crippen LogP contribution in [-0.2, 0) is 14.4 Å². The van der Waals surface area contributed by atoms with Crippen molar-refractivity contribution in [1.82, 2.24) is 10.6 Å². The molecule has 4 rings (SSSR count). The summed E-state index contributed by atoms with van der Waals surface area (Å²) in [5.41, 5.74) is 1.75. The number of benzene rings is 1. The Labute approximate surface area is 202 Å². The number of carbonyl (C=O) groups excluding carboxylic acids is 3. The average Bonchev–Trinajstić information content (AvgIpc) is 3.51. The van der Waals surface area contributed by atoms with Gasteiger partial charge in [0.15, 0.2) is 0 Å². The first-order chi connectivity index (χ1) is 16.3. The van der Waals surface area contributed by atoms with Crippen LogP contribution in [0.2, 0.25) is 0 Å². The SMILES string of the molecule is CC(C)CCC(=O)NC1(C(=O)NC2N=C(C3CCCC3)c3ccccc3N(C)C2=O)CCCC1. The van der Waals surface area contributed by atoms with Crippen LogP contribution in [0.15, 0.2) is 29.3 Å². The molecule has 2 saturated carbocycles. The summed E-state index contributed by atoms with van der Waals surface area (Å²) in [5, 5.41) is 5.99. The lowest BCUT2D eigenvalue weighted by molar-refractivity contribution is -0.135. The third kappa shape index (κ3) is 5.03. The van der Waals surface area contributed by atoms with E-state index in [0.29, 0.717) is 25.2 Å². The number of hydrogen-bond donors (Lipinski definition) is 2. The molecule has 2 aliphatic carbocycles. The molecule has 1 aliphatic heterocycles. The van der Waals surface area contributed by atoms with Crippen molar-refractivity contribution < 1.29 is 14.4 Å². The molecule has 1 heterocycles. The van der Waals surface area contributed by atoms with Gasteiger partial charge in [0.05, 0.1) is 11.4 Å². The molecule has 2 fully saturated rings. The molecule has 0 radical (unpaired) electrons. The minimum Gasteiger partial charge on any atom is -0.342 e. The smallest absolute Gasteiger partial charge is 0.272 e. The minimum atomic E-state index is -0.995. The number of aliphatic imine (C=N–C) groups is 1. The highest BCUT2D eigenvalue weighted by Crippen LogP contribution is 2.35. The van der Waals surface area contributed by atoms with Crippen molar-refractivity contribution >= 4 is 29.1 Å². The van der Waals surface area contributed by atoms with Gasteiger partial charge >= 0.3 is 0 Å². The van der Waals surface area contributed by atoms with Gasteiger partial charge in [-0.05, 0) is 44.1 Å². The number of fused-ring (bicyclic) bond motifs is 1. The van der Waals surface area contributed by atoms with E-state index in [-0.39, 0.29) is 23.6 Å². The second kappa shape index (κ2) is 10.3. The zero-order chi connectivity index (χ0) is 24.3. The van der Waals surface area contributed by atoms with Gasteiger partial charge in [-0.25, -0.2) is 0 Å². The van der Waals surface area contributed by atoms with Gasteiger partial charge in [0.2, 0.25) is 18.0 Å². The summed E-state index contributed by atoms with van der Waals surface area (Å²) in [6.07, 6.45) is 7.49. The molecule has 3 amide bonds. The topological polar surface area (TPSA) is 90.9 Å². The zero-order valence-electron chi connectivity index (χ0n) is 20.7. The van der Waals surface area contributed by atoms with E-state index in [4.69, 9.17) is 4.99 Å². The fraction of sp³-hybridized carbons (Fsp3) is 0.630. The zero-order valence-corrected chi connectivity index (χ0v) is 20.7. The number of anilines is 1. The van der Waals surface area contributed by atoms with E-state index in [1.807, 2.05) is 24.3 Å². The Morgan fingerprint density at radius 2 is 1.79 bits per heavy atom. The normalized spacial score (nSPS) is 22.4. The van der Waals surface area contributed by atoms with Gasteiger partial charge in [-0.15, -0.1) is 0 Å². The maximum absolute atomic E-state index is 13.6. The van der Waals surface area contributed by atoms with Crippen LogP contribution in [0.5, 0.6) is 0 Å². The number of benzodiazepines with no additional fused rings is 1. The summed E-state index contributed by atoms with van der Waals surface area (Å²) in [6, 6.07) is 7.86. The minimum absolute atomic E-state index is 0.0994. The summed E-state index contributed by atoms with van der Waals surface area (Å²) >= 11 is 0. The predicted octanol–water partition coefficient (Wildman–Crippen LogP) is 3.95. The predicted molar refractivity (Wildman–Crippen MR) is 134 cm³/mol. The lowest BCUT2D eigenvalue weighted by atomic mass is 9.94. The first-order valence-corrected chi connectivity index (χ1v) is 12.9. The summed E-state index contributed by atoms with van der Waals surface area (Å²) in [4.78, 5) is 46.2. The van der Waals surface area contributed by atoms with Crippen molar-refractivity contribution in [2.24, 2.45) is 16.8 Å². The van der Waals surface area contributed by atoms with E-state index in [1.165, 1.54) is 0 Å². The number of hydrogen-bond acceptors (Lipinski definition) is 4. The summed E-state index contributed by atoms with van der Waals surface area (Å²) < 4.78 is 0. The molecule has 0 saturated heterocycles. The molecule has 1 unspecified atom stereocenters. The van der Waals surface area contributed by atoms with Crippen LogP contribution in [0.3, 0.4) is 0 Å². The quantitative estimate of drug-likeness (QED) is 0.637. The van der Waals surface area contributed by atoms with Gasteiger partial charge in [0.25, 0.3) is 5.91 Å². The van der Waals surface area contributed by atoms with Gasteiger partial charge in [-0.3, -0.25) is 19.4 Å². The molecular weight excluding hydrogens is 428 g/mol. The van der Waals surface area contributed by atoms with E-state index in [9.17, 15) is 14.4 Å². The Balaban J connectivity index is 1.60. The third-order valence-corrected chi connectivity index (χ3v) is 7.60. The van der Waals surface area contributed by atoms with Crippen molar-refractivity contribution in [2.45, 2.75) is 89.8 Å². The van der Waals surface area contributed by atoms with Crippen molar-refractivity contribution in [3.8, 4) is 0 Å². The number of para-hydroxylation sites is 1. The monoisotopic (exact) mass is 466 g/mol. The Kier molecular flexibility index (Phi) is 7.39. The number of likely N-dealkylation sites (N-methyl/N-ethyl adjacent to an activating group) is 1. The highest BCUT2D eigenvalue weighted by atomic mass is 16.2. The molecule has 7 nitrogen and oxygen atoms in total. The average molecular weight is 467 g/mol. The molecule has 1 aromatic carbocycles. The van der Waals surface area contributed by atoms with E-state index in [0.717, 1.165) is 61.9 Å². The fourth-order valence-corrected chi connectivity index (χ4v) is 5.57.